The molecule has 4 aromatic heterocycles. The van der Waals surface area contributed by atoms with Gasteiger partial charge in [-0.15, -0.1) is 0 Å². The predicted octanol–water partition coefficient (Wildman–Crippen LogP) is 15.3. The fourth-order valence-electron chi connectivity index (χ4n) is 11.2. The third-order valence-electron chi connectivity index (χ3n) is 16.9. The number of hydrogen-bond donors (Lipinski definition) is 4. The van der Waals surface area contributed by atoms with E-state index in [9.17, 15) is 58.7 Å². The van der Waals surface area contributed by atoms with E-state index in [1.807, 2.05) is 74.5 Å². The van der Waals surface area contributed by atoms with Gasteiger partial charge in [-0.2, -0.15) is 0 Å². The summed E-state index contributed by atoms with van der Waals surface area (Å²) in [6.07, 6.45) is 2.07. The number of pyridine rings is 2. The van der Waals surface area contributed by atoms with Crippen molar-refractivity contribution in [2.45, 2.75) is 45.4 Å². The van der Waals surface area contributed by atoms with E-state index in [-0.39, 0.29) is 140 Å². The number of benzene rings is 8. The number of aromatic nitrogens is 2. The number of furan rings is 2. The van der Waals surface area contributed by atoms with E-state index in [1.165, 1.54) is 131 Å². The second-order valence-corrected chi connectivity index (χ2v) is 28.4. The van der Waals surface area contributed by atoms with Crippen LogP contribution in [0.2, 0.25) is 0 Å². The number of rotatable bonds is 22. The first kappa shape index (κ1) is 75.7. The van der Waals surface area contributed by atoms with Gasteiger partial charge in [-0.1, -0.05) is 91.9 Å². The van der Waals surface area contributed by atoms with Gasteiger partial charge < -0.3 is 39.8 Å². The van der Waals surface area contributed by atoms with Crippen LogP contribution in [0, 0.1) is 23.3 Å². The SMILES string of the molecule is CNC(=O)c1c(-c2ccc(F)cc2)oc2cc(N(C)S(C)(=O)=O)c(-c3ccc(OCc4ccccc4)c(C(=O)C[C@H](C)c4ccc(F)cc4)n3)cc12.CNC(=O)c1c(-c2ccc(F)cc2)oc2cc(N(C)S(C)(=O)=O)c(-c3ccc(OCc4ccccc4)c(C(=O)O)n3)cc12.C[C@@H](N)c1ccc(F)cc1. The number of carboxylic acid groups (broad SMARTS) is 1. The second-order valence-electron chi connectivity index (χ2n) is 24.3. The van der Waals surface area contributed by atoms with Crippen LogP contribution in [0.25, 0.3) is 67.1 Å². The number of carboxylic acids is 1. The fraction of sp³-hybridized carbons (Fsp3) is 0.165. The average molecular weight is 1470 g/mol. The van der Waals surface area contributed by atoms with Gasteiger partial charge in [0.2, 0.25) is 20.0 Å². The predicted molar refractivity (Wildman–Crippen MR) is 394 cm³/mol. The van der Waals surface area contributed by atoms with Crippen molar-refractivity contribution in [2.75, 3.05) is 49.3 Å². The molecule has 12 aromatic rings. The van der Waals surface area contributed by atoms with Crippen LogP contribution in [0.5, 0.6) is 11.5 Å². The summed E-state index contributed by atoms with van der Waals surface area (Å²) in [4.78, 5) is 61.8. The largest absolute Gasteiger partial charge is 0.487 e. The molecule has 0 radical (unpaired) electrons. The number of nitrogens with two attached hydrogens (primary N) is 1. The lowest BCUT2D eigenvalue weighted by atomic mass is 9.94. The first-order chi connectivity index (χ1) is 50.0. The van der Waals surface area contributed by atoms with Gasteiger partial charge in [-0.05, 0) is 144 Å². The number of Topliss-reactive ketones (excluding diaryl/α,β-unsaturated/α-hetero) is 1. The van der Waals surface area contributed by atoms with Crippen LogP contribution in [-0.2, 0) is 33.3 Å². The van der Waals surface area contributed by atoms with Gasteiger partial charge in [-0.25, -0.2) is 49.2 Å². The molecule has 0 saturated heterocycles. The Morgan fingerprint density at radius 1 is 0.514 bits per heavy atom. The monoisotopic (exact) mass is 1470 g/mol. The second kappa shape index (κ2) is 32.5. The molecule has 2 amide bonds. The van der Waals surface area contributed by atoms with Gasteiger partial charge >= 0.3 is 5.97 Å². The van der Waals surface area contributed by atoms with Crippen LogP contribution in [0.3, 0.4) is 0 Å². The molecule has 8 aromatic carbocycles. The highest BCUT2D eigenvalue weighted by molar-refractivity contribution is 7.92. The number of ether oxygens (including phenoxy) is 2. The summed E-state index contributed by atoms with van der Waals surface area (Å²) in [6, 6.07) is 53.7. The molecule has 5 N–H and O–H groups in total. The number of halogens is 4. The average Bonchev–Trinajstić information content (AvgIpc) is 1.64. The lowest BCUT2D eigenvalue weighted by molar-refractivity contribution is 0.0684. The van der Waals surface area contributed by atoms with Crippen molar-refractivity contribution >= 4 is 76.9 Å². The number of ketones is 1. The molecular formula is C79H71F4N7O13S2. The minimum absolute atomic E-state index is 0.0133. The van der Waals surface area contributed by atoms with Crippen molar-refractivity contribution in [1.82, 2.24) is 20.6 Å². The standard InChI is InChI=1S/C40H35F2N3O6S.C31H26FN3O7S.C8H10FN/c1-24(26-10-14-28(41)15-11-26)20-34(46)38-35(50-23-25-8-6-5-7-9-25)19-18-32(44-38)30-21-31-36(22-33(30)45(3)52(4,48)49)51-39(37(31)40(47)43-2)27-12-16-29(42)17-13-27;1-33-30(36)27-22-15-21(23-13-14-25(28(34-23)31(37)38)41-17-18-7-5-4-6-8-18)24(35(2)43(3,39)40)16-26(22)42-29(27)19-9-11-20(32)12-10-19;1-6(10)7-2-4-8(9)5-3-7/h5-19,21-22,24H,20,23H2,1-4H3,(H,43,47);4-16H,17H2,1-3H3,(H,33,36)(H,37,38);2-6H,10H2,1H3/t24-;;6-/m0.1/s1. The number of hydrogen-bond acceptors (Lipinski definition) is 15. The van der Waals surface area contributed by atoms with Crippen LogP contribution in [-0.4, -0.2) is 96.2 Å². The maximum atomic E-state index is 14.1. The molecule has 2 atom stereocenters. The molecule has 12 rings (SSSR count). The number of carbonyl (C=O) groups is 4. The van der Waals surface area contributed by atoms with Crippen LogP contribution in [0.4, 0.5) is 28.9 Å². The number of aromatic carboxylic acids is 1. The fourth-order valence-corrected chi connectivity index (χ4v) is 12.2. The Bertz CT molecular complexity index is 5420. The molecule has 0 aliphatic heterocycles. The van der Waals surface area contributed by atoms with E-state index in [0.717, 1.165) is 43.4 Å². The maximum Gasteiger partial charge on any atom is 0.358 e. The Morgan fingerprint density at radius 2 is 0.876 bits per heavy atom. The first-order valence-corrected chi connectivity index (χ1v) is 36.2. The minimum atomic E-state index is -3.84. The Morgan fingerprint density at radius 3 is 1.24 bits per heavy atom. The van der Waals surface area contributed by atoms with Crippen LogP contribution < -0.4 is 34.5 Å². The van der Waals surface area contributed by atoms with Crippen molar-refractivity contribution < 1.29 is 77.0 Å². The lowest BCUT2D eigenvalue weighted by Gasteiger charge is -2.21. The highest BCUT2D eigenvalue weighted by Crippen LogP contribution is 2.44. The minimum Gasteiger partial charge on any atom is -0.487 e. The normalized spacial score (nSPS) is 11.9. The molecule has 0 fully saturated rings. The van der Waals surface area contributed by atoms with Crippen molar-refractivity contribution in [1.29, 1.82) is 0 Å². The number of carbonyl (C=O) groups excluding carboxylic acids is 3. The van der Waals surface area contributed by atoms with E-state index in [4.69, 9.17) is 29.0 Å². The summed E-state index contributed by atoms with van der Waals surface area (Å²) >= 11 is 0. The number of amides is 2. The smallest absolute Gasteiger partial charge is 0.358 e. The third-order valence-corrected chi connectivity index (χ3v) is 19.3. The zero-order valence-electron chi connectivity index (χ0n) is 57.9. The van der Waals surface area contributed by atoms with Gasteiger partial charge in [0.15, 0.2) is 17.2 Å². The van der Waals surface area contributed by atoms with Crippen LogP contribution >= 0.6 is 0 Å². The number of fused-ring (bicyclic) bond motifs is 2. The molecule has 0 spiro atoms. The van der Waals surface area contributed by atoms with Gasteiger partial charge in [-0.3, -0.25) is 23.0 Å². The van der Waals surface area contributed by atoms with Crippen molar-refractivity contribution in [3.05, 3.63) is 274 Å². The molecule has 20 nitrogen and oxygen atoms in total. The summed E-state index contributed by atoms with van der Waals surface area (Å²) < 4.78 is 131. The molecule has 0 saturated carbocycles. The number of anilines is 2. The molecule has 540 valence electrons. The van der Waals surface area contributed by atoms with E-state index in [0.29, 0.717) is 21.9 Å². The van der Waals surface area contributed by atoms with Gasteiger partial charge in [0.05, 0.1) is 46.4 Å². The summed E-state index contributed by atoms with van der Waals surface area (Å²) in [5.74, 6) is -4.01. The van der Waals surface area contributed by atoms with Crippen molar-refractivity contribution in [3.63, 3.8) is 0 Å². The molecular weight excluding hydrogens is 1400 g/mol. The van der Waals surface area contributed by atoms with Crippen LogP contribution in [0.15, 0.2) is 215 Å². The van der Waals surface area contributed by atoms with Crippen molar-refractivity contribution in [3.8, 4) is 56.7 Å². The van der Waals surface area contributed by atoms with Gasteiger partial charge in [0.25, 0.3) is 11.8 Å². The number of nitrogens with zero attached hydrogens (tertiary/aromatic N) is 4. The Kier molecular flexibility index (Phi) is 23.5. The molecule has 26 heteroatoms. The third kappa shape index (κ3) is 17.9. The van der Waals surface area contributed by atoms with E-state index < -0.39 is 49.5 Å². The molecule has 0 bridgehead atoms. The highest BCUT2D eigenvalue weighted by atomic mass is 32.2. The van der Waals surface area contributed by atoms with E-state index >= 15 is 0 Å². The topological polar surface area (TPSA) is 284 Å². The number of sulfonamides is 2. The Labute approximate surface area is 602 Å². The van der Waals surface area contributed by atoms with E-state index in [1.54, 1.807) is 42.5 Å². The molecule has 0 unspecified atom stereocenters. The van der Waals surface area contributed by atoms with Crippen molar-refractivity contribution in [2.24, 2.45) is 5.73 Å². The van der Waals surface area contributed by atoms with E-state index in [2.05, 4.69) is 15.6 Å². The lowest BCUT2D eigenvalue weighted by Crippen LogP contribution is -2.25. The maximum absolute atomic E-state index is 14.1. The summed E-state index contributed by atoms with van der Waals surface area (Å²) in [7, 11) is -2.04. The Balaban J connectivity index is 0.000000201. The quantitative estimate of drug-likeness (QED) is 0.0362. The molecule has 4 heterocycles. The van der Waals surface area contributed by atoms with Crippen LogP contribution in [0.1, 0.15) is 96.2 Å². The summed E-state index contributed by atoms with van der Waals surface area (Å²) in [5.41, 5.74) is 11.2. The van der Waals surface area contributed by atoms with Gasteiger partial charge in [0, 0.05) is 85.8 Å². The molecule has 0 aliphatic carbocycles. The number of nitrogens with one attached hydrogen (secondary N) is 2. The first-order valence-electron chi connectivity index (χ1n) is 32.5. The van der Waals surface area contributed by atoms with Gasteiger partial charge in [0.1, 0.15) is 70.6 Å². The zero-order valence-corrected chi connectivity index (χ0v) is 59.6. The molecule has 0 aliphatic rings. The molecule has 105 heavy (non-hydrogen) atoms. The summed E-state index contributed by atoms with van der Waals surface area (Å²) in [6.45, 7) is 3.98. The zero-order chi connectivity index (χ0) is 75.6. The summed E-state index contributed by atoms with van der Waals surface area (Å²) in [5, 5.41) is 15.8. The Hall–Kier alpha value is -12.0. The highest BCUT2D eigenvalue weighted by Gasteiger charge is 2.31.